The predicted molar refractivity (Wildman–Crippen MR) is 60.2 cm³/mol. The minimum absolute atomic E-state index is 0. The predicted octanol–water partition coefficient (Wildman–Crippen LogP) is 0.121. The van der Waals surface area contributed by atoms with E-state index < -0.39 is 0 Å². The van der Waals surface area contributed by atoms with Gasteiger partial charge in [-0.05, 0) is 12.8 Å². The normalized spacial score (nSPS) is 9.73. The molecule has 2 heteroatoms. The first kappa shape index (κ1) is 14.1. The molecule has 1 nitrogen and oxygen atoms in total. The molecule has 0 saturated heterocycles. The van der Waals surface area contributed by atoms with Gasteiger partial charge in [0.1, 0.15) is 6.54 Å². The highest BCUT2D eigenvalue weighted by Crippen LogP contribution is 1.99. The maximum Gasteiger partial charge on any atom is 0.181 e. The SMILES string of the molecule is CCCCC[n+]1ccccc1CCC.[F-]. The van der Waals surface area contributed by atoms with Crippen molar-refractivity contribution in [3.05, 3.63) is 30.1 Å². The fourth-order valence-corrected chi connectivity index (χ4v) is 1.75. The summed E-state index contributed by atoms with van der Waals surface area (Å²) >= 11 is 0. The first-order valence-electron chi connectivity index (χ1n) is 5.85. The van der Waals surface area contributed by atoms with Crippen LogP contribution >= 0.6 is 0 Å². The Labute approximate surface area is 92.5 Å². The number of halogens is 1. The van der Waals surface area contributed by atoms with E-state index in [9.17, 15) is 0 Å². The van der Waals surface area contributed by atoms with Crippen molar-refractivity contribution < 1.29 is 9.27 Å². The Hall–Kier alpha value is -0.920. The Morgan fingerprint density at radius 2 is 1.87 bits per heavy atom. The molecule has 0 aliphatic carbocycles. The molecule has 0 unspecified atom stereocenters. The van der Waals surface area contributed by atoms with E-state index in [1.807, 2.05) is 0 Å². The highest BCUT2D eigenvalue weighted by Gasteiger charge is 2.06. The van der Waals surface area contributed by atoms with Gasteiger partial charge in [0.05, 0.1) is 0 Å². The van der Waals surface area contributed by atoms with Gasteiger partial charge in [-0.3, -0.25) is 0 Å². The summed E-state index contributed by atoms with van der Waals surface area (Å²) in [6.07, 6.45) is 8.59. The molecule has 1 heterocycles. The van der Waals surface area contributed by atoms with Gasteiger partial charge in [-0.25, -0.2) is 4.57 Å². The van der Waals surface area contributed by atoms with Gasteiger partial charge < -0.3 is 4.70 Å². The van der Waals surface area contributed by atoms with Crippen LogP contribution in [0.15, 0.2) is 24.4 Å². The number of hydrogen-bond donors (Lipinski definition) is 0. The largest absolute Gasteiger partial charge is 1.00 e. The second kappa shape index (κ2) is 8.39. The quantitative estimate of drug-likeness (QED) is 0.465. The van der Waals surface area contributed by atoms with Gasteiger partial charge in [-0.15, -0.1) is 0 Å². The molecule has 0 radical (unpaired) electrons. The Kier molecular flexibility index (Phi) is 7.88. The monoisotopic (exact) mass is 211 g/mol. The molecular weight excluding hydrogens is 189 g/mol. The average Bonchev–Trinajstić information content (AvgIpc) is 2.21. The van der Waals surface area contributed by atoms with Crippen LogP contribution < -0.4 is 9.27 Å². The average molecular weight is 211 g/mol. The molecule has 0 aliphatic rings. The van der Waals surface area contributed by atoms with Crippen LogP contribution in [0.25, 0.3) is 0 Å². The Morgan fingerprint density at radius 3 is 2.53 bits per heavy atom. The van der Waals surface area contributed by atoms with Gasteiger partial charge in [0.25, 0.3) is 0 Å². The van der Waals surface area contributed by atoms with E-state index in [1.54, 1.807) is 0 Å². The van der Waals surface area contributed by atoms with Crippen molar-refractivity contribution in [2.24, 2.45) is 0 Å². The number of rotatable bonds is 6. The summed E-state index contributed by atoms with van der Waals surface area (Å²) in [4.78, 5) is 0. The van der Waals surface area contributed by atoms with E-state index in [1.165, 1.54) is 44.3 Å². The minimum atomic E-state index is 0. The molecule has 0 atom stereocenters. The third kappa shape index (κ3) is 4.91. The van der Waals surface area contributed by atoms with Crippen molar-refractivity contribution in [2.45, 2.75) is 52.5 Å². The van der Waals surface area contributed by atoms with Crippen LogP contribution in [0.1, 0.15) is 45.2 Å². The number of hydrogen-bond acceptors (Lipinski definition) is 0. The lowest BCUT2D eigenvalue weighted by molar-refractivity contribution is -0.704. The summed E-state index contributed by atoms with van der Waals surface area (Å²) in [5.41, 5.74) is 1.48. The Morgan fingerprint density at radius 1 is 1.07 bits per heavy atom. The zero-order valence-corrected chi connectivity index (χ0v) is 9.88. The second-order valence-corrected chi connectivity index (χ2v) is 3.84. The van der Waals surface area contributed by atoms with Crippen LogP contribution in [0.4, 0.5) is 0 Å². The Balaban J connectivity index is 0.00000196. The van der Waals surface area contributed by atoms with Crippen molar-refractivity contribution in [1.82, 2.24) is 0 Å². The van der Waals surface area contributed by atoms with Crippen LogP contribution in [-0.4, -0.2) is 0 Å². The lowest BCUT2D eigenvalue weighted by Crippen LogP contribution is -3.00. The minimum Gasteiger partial charge on any atom is -1.00 e. The number of pyridine rings is 1. The molecule has 0 amide bonds. The summed E-state index contributed by atoms with van der Waals surface area (Å²) in [6.45, 7) is 5.68. The fraction of sp³-hybridized carbons (Fsp3) is 0.615. The number of aromatic nitrogens is 1. The number of aryl methyl sites for hydroxylation is 2. The van der Waals surface area contributed by atoms with Crippen molar-refractivity contribution >= 4 is 0 Å². The molecule has 0 saturated carbocycles. The van der Waals surface area contributed by atoms with Crippen LogP contribution in [0.3, 0.4) is 0 Å². The van der Waals surface area contributed by atoms with Gasteiger partial charge in [-0.1, -0.05) is 26.3 Å². The molecule has 0 bridgehead atoms. The topological polar surface area (TPSA) is 3.88 Å². The van der Waals surface area contributed by atoms with E-state index in [4.69, 9.17) is 0 Å². The zero-order valence-electron chi connectivity index (χ0n) is 9.88. The van der Waals surface area contributed by atoms with E-state index >= 15 is 0 Å². The first-order valence-corrected chi connectivity index (χ1v) is 5.85. The van der Waals surface area contributed by atoms with Gasteiger partial charge in [0.15, 0.2) is 11.9 Å². The van der Waals surface area contributed by atoms with E-state index in [2.05, 4.69) is 42.8 Å². The molecule has 86 valence electrons. The lowest BCUT2D eigenvalue weighted by Gasteiger charge is -2.01. The van der Waals surface area contributed by atoms with Gasteiger partial charge in [-0.2, -0.15) is 0 Å². The molecule has 15 heavy (non-hydrogen) atoms. The summed E-state index contributed by atoms with van der Waals surface area (Å²) in [7, 11) is 0. The van der Waals surface area contributed by atoms with Crippen LogP contribution in [0.2, 0.25) is 0 Å². The lowest BCUT2D eigenvalue weighted by atomic mass is 10.2. The highest BCUT2D eigenvalue weighted by molar-refractivity contribution is 4.97. The van der Waals surface area contributed by atoms with Gasteiger partial charge in [0, 0.05) is 25.0 Å². The maximum atomic E-state index is 2.40. The molecule has 0 fully saturated rings. The summed E-state index contributed by atoms with van der Waals surface area (Å²) in [5.74, 6) is 0. The standard InChI is InChI=1S/C13H22N.FH/c1-3-5-7-11-14-12-8-6-10-13(14)9-4-2;/h6,8,10,12H,3-5,7,9,11H2,1-2H3;1H/q+1;/p-1. The highest BCUT2D eigenvalue weighted by atomic mass is 19.0. The molecule has 1 rings (SSSR count). The van der Waals surface area contributed by atoms with Crippen molar-refractivity contribution in [3.8, 4) is 0 Å². The molecule has 0 aliphatic heterocycles. The van der Waals surface area contributed by atoms with Crippen molar-refractivity contribution in [3.63, 3.8) is 0 Å². The molecule has 0 spiro atoms. The summed E-state index contributed by atoms with van der Waals surface area (Å²) in [5, 5.41) is 0. The molecule has 0 N–H and O–H groups in total. The van der Waals surface area contributed by atoms with E-state index in [-0.39, 0.29) is 4.70 Å². The van der Waals surface area contributed by atoms with Crippen LogP contribution in [-0.2, 0) is 13.0 Å². The zero-order chi connectivity index (χ0) is 10.2. The summed E-state index contributed by atoms with van der Waals surface area (Å²) in [6, 6.07) is 6.52. The maximum absolute atomic E-state index is 2.40. The fourth-order valence-electron chi connectivity index (χ4n) is 1.75. The molecule has 0 aromatic carbocycles. The molecule has 1 aromatic heterocycles. The van der Waals surface area contributed by atoms with Crippen molar-refractivity contribution in [1.29, 1.82) is 0 Å². The van der Waals surface area contributed by atoms with E-state index in [0.717, 1.165) is 0 Å². The van der Waals surface area contributed by atoms with Crippen LogP contribution in [0.5, 0.6) is 0 Å². The molecular formula is C13H22FN. The molecule has 1 aromatic rings. The van der Waals surface area contributed by atoms with Crippen molar-refractivity contribution in [2.75, 3.05) is 0 Å². The Bertz CT molecular complexity index is 260. The van der Waals surface area contributed by atoms with Crippen LogP contribution in [0, 0.1) is 0 Å². The smallest absolute Gasteiger partial charge is 0.181 e. The number of nitrogens with zero attached hydrogens (tertiary/aromatic N) is 1. The van der Waals surface area contributed by atoms with E-state index in [0.29, 0.717) is 0 Å². The van der Waals surface area contributed by atoms with Gasteiger partial charge >= 0.3 is 0 Å². The third-order valence-corrected chi connectivity index (χ3v) is 2.54. The number of unbranched alkanes of at least 4 members (excludes halogenated alkanes) is 2. The summed E-state index contributed by atoms with van der Waals surface area (Å²) < 4.78 is 2.40. The first-order chi connectivity index (χ1) is 6.88. The van der Waals surface area contributed by atoms with Gasteiger partial charge in [0.2, 0.25) is 0 Å². The second-order valence-electron chi connectivity index (χ2n) is 3.84. The third-order valence-electron chi connectivity index (χ3n) is 2.54.